The highest BCUT2D eigenvalue weighted by Crippen LogP contribution is 2.35. The van der Waals surface area contributed by atoms with Gasteiger partial charge in [-0.05, 0) is 182 Å². The summed E-state index contributed by atoms with van der Waals surface area (Å²) in [5.74, 6) is 1.41. The standard InChI is InChI=1S/C13H20O.C12H16O3.C12H18O.C11H16O2.C11H16O/c1-6-13(4,5)11-7-9(2)12(14)10(3)8-11;1-4-12(2,3)11(14)15-10-7-5-9(13)6-8-10;1-5-12(3,4)10-6-7-11(13)9(2)8-10;1-4-11(2,3)8-5-6-9(12)10(13)7-8;1-4-11(2,3)9-5-7-10(12)8-6-9/h7-8,14H,6H2,1-5H3;5-8,13H,4H2,1-3H3;6-8,13H,5H2,1-4H3;5-7,12-13H,4H2,1-3H3;5-8,12H,4H2,1-3H3. The van der Waals surface area contributed by atoms with E-state index in [1.54, 1.807) is 36.4 Å². The number of esters is 1. The predicted molar refractivity (Wildman–Crippen MR) is 279 cm³/mol. The lowest BCUT2D eigenvalue weighted by molar-refractivity contribution is -0.144. The molecule has 0 radical (unpaired) electrons. The first-order valence-electron chi connectivity index (χ1n) is 23.8. The molecular weight excluding hydrogens is 837 g/mol. The van der Waals surface area contributed by atoms with Crippen molar-refractivity contribution in [1.82, 2.24) is 0 Å². The lowest BCUT2D eigenvalue weighted by Gasteiger charge is -2.24. The van der Waals surface area contributed by atoms with Gasteiger partial charge in [-0.3, -0.25) is 4.79 Å². The quantitative estimate of drug-likeness (QED) is 0.0436. The van der Waals surface area contributed by atoms with Crippen LogP contribution in [0.1, 0.15) is 175 Å². The van der Waals surface area contributed by atoms with Crippen LogP contribution < -0.4 is 4.74 Å². The SMILES string of the molecule is CCC(C)(C)C(=O)Oc1ccc(O)cc1.CCC(C)(C)c1cc(C)c(O)c(C)c1.CCC(C)(C)c1ccc(O)c(C)c1.CCC(C)(C)c1ccc(O)c(O)c1.CCC(C)(C)c1ccc(O)cc1. The zero-order valence-corrected chi connectivity index (χ0v) is 44.3. The highest BCUT2D eigenvalue weighted by molar-refractivity contribution is 5.78. The Morgan fingerprint density at radius 2 is 0.746 bits per heavy atom. The minimum absolute atomic E-state index is 0.0426. The number of carbonyl (C=O) groups excluding carboxylic acids is 1. The maximum atomic E-state index is 11.7. The Balaban J connectivity index is 0.000000420. The molecule has 0 aromatic heterocycles. The van der Waals surface area contributed by atoms with Gasteiger partial charge in [0.1, 0.15) is 28.7 Å². The second-order valence-electron chi connectivity index (χ2n) is 20.8. The van der Waals surface area contributed by atoms with Crippen molar-refractivity contribution in [2.45, 2.75) is 178 Å². The number of phenolic OH excluding ortho intramolecular Hbond substituents is 6. The van der Waals surface area contributed by atoms with Gasteiger partial charge in [-0.25, -0.2) is 0 Å². The molecule has 5 aromatic carbocycles. The van der Waals surface area contributed by atoms with Crippen LogP contribution in [-0.2, 0) is 26.5 Å². The smallest absolute Gasteiger partial charge is 0.316 e. The van der Waals surface area contributed by atoms with E-state index in [2.05, 4.69) is 101 Å². The number of aryl methyl sites for hydroxylation is 3. The molecule has 0 atom stereocenters. The summed E-state index contributed by atoms with van der Waals surface area (Å²) in [4.78, 5) is 11.7. The first-order chi connectivity index (χ1) is 30.8. The first-order valence-corrected chi connectivity index (χ1v) is 23.8. The number of aromatic hydroxyl groups is 6. The van der Waals surface area contributed by atoms with Gasteiger partial charge < -0.3 is 35.4 Å². The van der Waals surface area contributed by atoms with Crippen molar-refractivity contribution in [1.29, 1.82) is 0 Å². The summed E-state index contributed by atoms with van der Waals surface area (Å²) in [7, 11) is 0. The topological polar surface area (TPSA) is 148 Å². The van der Waals surface area contributed by atoms with Gasteiger partial charge in [-0.2, -0.15) is 0 Å². The van der Waals surface area contributed by atoms with Gasteiger partial charge in [0.25, 0.3) is 0 Å². The Morgan fingerprint density at radius 3 is 1.13 bits per heavy atom. The predicted octanol–water partition coefficient (Wildman–Crippen LogP) is 15.7. The van der Waals surface area contributed by atoms with Crippen LogP contribution in [0.15, 0.2) is 97.1 Å². The summed E-state index contributed by atoms with van der Waals surface area (Å²) >= 11 is 0. The van der Waals surface area contributed by atoms with Gasteiger partial charge in [0.15, 0.2) is 11.5 Å². The average molecular weight is 923 g/mol. The Kier molecular flexibility index (Phi) is 22.6. The highest BCUT2D eigenvalue weighted by atomic mass is 16.5. The minimum atomic E-state index is -0.474. The Morgan fingerprint density at radius 1 is 0.403 bits per heavy atom. The normalized spacial score (nSPS) is 11.6. The molecular formula is C59H86O8. The Hall–Kier alpha value is -5.63. The van der Waals surface area contributed by atoms with E-state index in [0.29, 0.717) is 23.0 Å². The molecule has 0 aliphatic heterocycles. The molecule has 0 aliphatic rings. The van der Waals surface area contributed by atoms with Gasteiger partial charge >= 0.3 is 5.97 Å². The fourth-order valence-electron chi connectivity index (χ4n) is 6.00. The van der Waals surface area contributed by atoms with E-state index >= 15 is 0 Å². The van der Waals surface area contributed by atoms with Gasteiger partial charge in [-0.15, -0.1) is 0 Å². The van der Waals surface area contributed by atoms with Crippen molar-refractivity contribution in [2.75, 3.05) is 0 Å². The third-order valence-electron chi connectivity index (χ3n) is 13.7. The van der Waals surface area contributed by atoms with Gasteiger partial charge in [-0.1, -0.05) is 132 Å². The lowest BCUT2D eigenvalue weighted by Crippen LogP contribution is -2.28. The van der Waals surface area contributed by atoms with E-state index in [0.717, 1.165) is 54.4 Å². The summed E-state index contributed by atoms with van der Waals surface area (Å²) in [6, 6.07) is 28.6. The third kappa shape index (κ3) is 18.5. The van der Waals surface area contributed by atoms with Crippen molar-refractivity contribution in [3.63, 3.8) is 0 Å². The fourth-order valence-corrected chi connectivity index (χ4v) is 6.00. The largest absolute Gasteiger partial charge is 0.508 e. The second-order valence-corrected chi connectivity index (χ2v) is 20.8. The van der Waals surface area contributed by atoms with E-state index in [1.165, 1.54) is 34.9 Å². The Labute approximate surface area is 404 Å². The van der Waals surface area contributed by atoms with Gasteiger partial charge in [0.2, 0.25) is 0 Å². The number of ether oxygens (including phenoxy) is 1. The molecule has 0 fully saturated rings. The van der Waals surface area contributed by atoms with Crippen LogP contribution in [0.2, 0.25) is 0 Å². The summed E-state index contributed by atoms with van der Waals surface area (Å²) < 4.78 is 5.18. The summed E-state index contributed by atoms with van der Waals surface area (Å²) in [6.07, 6.45) is 5.05. The van der Waals surface area contributed by atoms with Crippen LogP contribution in [0.25, 0.3) is 0 Å². The molecule has 0 unspecified atom stereocenters. The van der Waals surface area contributed by atoms with Crippen LogP contribution in [0, 0.1) is 26.2 Å². The van der Waals surface area contributed by atoms with Crippen LogP contribution in [-0.4, -0.2) is 36.6 Å². The number of rotatable bonds is 11. The Bertz CT molecular complexity index is 2190. The molecule has 8 nitrogen and oxygen atoms in total. The second kappa shape index (κ2) is 25.5. The van der Waals surface area contributed by atoms with Crippen molar-refractivity contribution < 1.29 is 40.2 Å². The van der Waals surface area contributed by atoms with Crippen molar-refractivity contribution >= 4 is 5.97 Å². The minimum Gasteiger partial charge on any atom is -0.508 e. The summed E-state index contributed by atoms with van der Waals surface area (Å²) in [5.41, 5.74) is 8.03. The molecule has 0 saturated heterocycles. The maximum Gasteiger partial charge on any atom is 0.316 e. The molecule has 6 N–H and O–H groups in total. The molecule has 0 saturated carbocycles. The van der Waals surface area contributed by atoms with E-state index in [-0.39, 0.29) is 44.9 Å². The number of hydrogen-bond acceptors (Lipinski definition) is 8. The number of benzene rings is 5. The molecule has 0 spiro atoms. The third-order valence-corrected chi connectivity index (χ3v) is 13.7. The van der Waals surface area contributed by atoms with Crippen molar-refractivity contribution in [2.24, 2.45) is 5.41 Å². The molecule has 5 rings (SSSR count). The van der Waals surface area contributed by atoms with E-state index in [1.807, 2.05) is 65.8 Å². The molecule has 8 heteroatoms. The number of phenols is 6. The molecule has 0 bridgehead atoms. The maximum absolute atomic E-state index is 11.7. The van der Waals surface area contributed by atoms with Crippen LogP contribution >= 0.6 is 0 Å². The van der Waals surface area contributed by atoms with E-state index in [4.69, 9.17) is 20.1 Å². The van der Waals surface area contributed by atoms with E-state index in [9.17, 15) is 20.1 Å². The summed E-state index contributed by atoms with van der Waals surface area (Å²) in [5, 5.41) is 55.6. The average Bonchev–Trinajstić information content (AvgIpc) is 3.28. The monoisotopic (exact) mass is 923 g/mol. The van der Waals surface area contributed by atoms with E-state index < -0.39 is 5.41 Å². The van der Waals surface area contributed by atoms with Crippen LogP contribution in [0.3, 0.4) is 0 Å². The molecule has 0 amide bonds. The van der Waals surface area contributed by atoms with Crippen LogP contribution in [0.4, 0.5) is 0 Å². The zero-order chi connectivity index (χ0) is 51.7. The summed E-state index contributed by atoms with van der Waals surface area (Å²) in [6.45, 7) is 37.7. The van der Waals surface area contributed by atoms with Crippen molar-refractivity contribution in [3.8, 4) is 40.2 Å². The molecule has 5 aromatic rings. The molecule has 67 heavy (non-hydrogen) atoms. The fraction of sp³-hybridized carbons (Fsp3) is 0.475. The van der Waals surface area contributed by atoms with Gasteiger partial charge in [0.05, 0.1) is 5.41 Å². The van der Waals surface area contributed by atoms with Gasteiger partial charge in [0, 0.05) is 0 Å². The molecule has 370 valence electrons. The number of hydrogen-bond donors (Lipinski definition) is 6. The zero-order valence-electron chi connectivity index (χ0n) is 44.3. The van der Waals surface area contributed by atoms with Crippen LogP contribution in [0.5, 0.6) is 40.2 Å². The molecule has 0 aliphatic carbocycles. The first kappa shape index (κ1) is 59.4. The highest BCUT2D eigenvalue weighted by Gasteiger charge is 2.28. The molecule has 0 heterocycles. The van der Waals surface area contributed by atoms with Crippen molar-refractivity contribution in [3.05, 3.63) is 136 Å². The lowest BCUT2D eigenvalue weighted by atomic mass is 9.81. The number of carbonyl (C=O) groups is 1.